The summed E-state index contributed by atoms with van der Waals surface area (Å²) in [6, 6.07) is 7.58. The van der Waals surface area contributed by atoms with Crippen LogP contribution in [0.3, 0.4) is 0 Å². The molecule has 1 aliphatic rings. The molecule has 6 nitrogen and oxygen atoms in total. The van der Waals surface area contributed by atoms with E-state index in [1.807, 2.05) is 31.2 Å². The Labute approximate surface area is 149 Å². The number of nitrogens with zero attached hydrogens (tertiary/aromatic N) is 1. The third kappa shape index (κ3) is 4.36. The minimum Gasteiger partial charge on any atom is -0.466 e. The maximum Gasteiger partial charge on any atom is 0.337 e. The van der Waals surface area contributed by atoms with Crippen molar-refractivity contribution in [3.63, 3.8) is 0 Å². The minimum atomic E-state index is -0.395. The number of allylic oxidation sites excluding steroid dienone is 1. The topological polar surface area (TPSA) is 67.9 Å². The first-order valence-electron chi connectivity index (χ1n) is 7.71. The van der Waals surface area contributed by atoms with Crippen LogP contribution >= 0.6 is 15.9 Å². The summed E-state index contributed by atoms with van der Waals surface area (Å²) in [6.45, 7) is 3.97. The standard InChI is InChI=1S/C17H21BrN2O4/c1-4-24-15(21)10-20-14(9-12-5-7-13(18)8-6-12)16(11(2)19-20)17(22)23-3/h5-8,11,19H,4,9-10H2,1-3H3. The molecule has 130 valence electrons. The fourth-order valence-corrected chi connectivity index (χ4v) is 2.90. The summed E-state index contributed by atoms with van der Waals surface area (Å²) < 4.78 is 10.9. The van der Waals surface area contributed by atoms with E-state index in [1.165, 1.54) is 7.11 Å². The van der Waals surface area contributed by atoms with Crippen molar-refractivity contribution in [3.8, 4) is 0 Å². The zero-order valence-corrected chi connectivity index (χ0v) is 15.6. The molecule has 1 atom stereocenters. The number of carbonyl (C=O) groups excluding carboxylic acids is 2. The quantitative estimate of drug-likeness (QED) is 0.743. The van der Waals surface area contributed by atoms with Gasteiger partial charge < -0.3 is 9.47 Å². The lowest BCUT2D eigenvalue weighted by Crippen LogP contribution is -2.40. The Kier molecular flexibility index (Phi) is 6.39. The summed E-state index contributed by atoms with van der Waals surface area (Å²) in [5.74, 6) is -0.745. The molecule has 1 unspecified atom stereocenters. The number of benzene rings is 1. The van der Waals surface area contributed by atoms with Crippen molar-refractivity contribution in [2.24, 2.45) is 0 Å². The van der Waals surface area contributed by atoms with Gasteiger partial charge in [-0.05, 0) is 31.5 Å². The first kappa shape index (κ1) is 18.5. The molecule has 0 radical (unpaired) electrons. The van der Waals surface area contributed by atoms with E-state index in [2.05, 4.69) is 21.4 Å². The maximum absolute atomic E-state index is 12.2. The third-order valence-corrected chi connectivity index (χ3v) is 4.23. The van der Waals surface area contributed by atoms with Crippen LogP contribution in [0.5, 0.6) is 0 Å². The number of esters is 2. The predicted molar refractivity (Wildman–Crippen MR) is 92.8 cm³/mol. The number of nitrogens with one attached hydrogen (secondary N) is 1. The van der Waals surface area contributed by atoms with Gasteiger partial charge in [0.05, 0.1) is 25.3 Å². The first-order chi connectivity index (χ1) is 11.5. The molecular weight excluding hydrogens is 376 g/mol. The van der Waals surface area contributed by atoms with Gasteiger partial charge in [-0.25, -0.2) is 10.2 Å². The second-order valence-electron chi connectivity index (χ2n) is 5.40. The fourth-order valence-electron chi connectivity index (χ4n) is 2.64. The van der Waals surface area contributed by atoms with Crippen molar-refractivity contribution in [2.45, 2.75) is 26.3 Å². The number of halogens is 1. The molecule has 1 aromatic rings. The number of carbonyl (C=O) groups is 2. The Morgan fingerprint density at radius 2 is 1.96 bits per heavy atom. The zero-order chi connectivity index (χ0) is 17.7. The summed E-state index contributed by atoms with van der Waals surface area (Å²) in [5.41, 5.74) is 5.42. The second kappa shape index (κ2) is 8.30. The summed E-state index contributed by atoms with van der Waals surface area (Å²) in [6.07, 6.45) is 0.508. The molecule has 24 heavy (non-hydrogen) atoms. The van der Waals surface area contributed by atoms with Crippen molar-refractivity contribution < 1.29 is 19.1 Å². The van der Waals surface area contributed by atoms with Crippen LogP contribution in [0.4, 0.5) is 0 Å². The second-order valence-corrected chi connectivity index (χ2v) is 6.31. The fraction of sp³-hybridized carbons (Fsp3) is 0.412. The minimum absolute atomic E-state index is 0.0323. The average molecular weight is 397 g/mol. The number of hydrogen-bond acceptors (Lipinski definition) is 6. The van der Waals surface area contributed by atoms with Gasteiger partial charge in [-0.3, -0.25) is 9.80 Å². The van der Waals surface area contributed by atoms with E-state index in [1.54, 1.807) is 11.9 Å². The number of rotatable bonds is 6. The molecule has 0 fully saturated rings. The van der Waals surface area contributed by atoms with Crippen molar-refractivity contribution in [3.05, 3.63) is 45.6 Å². The van der Waals surface area contributed by atoms with E-state index < -0.39 is 5.97 Å². The highest BCUT2D eigenvalue weighted by Gasteiger charge is 2.34. The van der Waals surface area contributed by atoms with E-state index in [9.17, 15) is 9.59 Å². The summed E-state index contributed by atoms with van der Waals surface area (Å²) >= 11 is 3.41. The van der Waals surface area contributed by atoms with Gasteiger partial charge in [0.15, 0.2) is 0 Å². The van der Waals surface area contributed by atoms with Crippen LogP contribution in [0.1, 0.15) is 19.4 Å². The summed E-state index contributed by atoms with van der Waals surface area (Å²) in [4.78, 5) is 24.0. The van der Waals surface area contributed by atoms with Crippen molar-refractivity contribution in [2.75, 3.05) is 20.3 Å². The Hall–Kier alpha value is -1.86. The van der Waals surface area contributed by atoms with Crippen LogP contribution in [0.15, 0.2) is 40.0 Å². The van der Waals surface area contributed by atoms with Crippen LogP contribution in [0.25, 0.3) is 0 Å². The normalized spacial score (nSPS) is 17.2. The van der Waals surface area contributed by atoms with Gasteiger partial charge in [0, 0.05) is 16.6 Å². The van der Waals surface area contributed by atoms with Crippen molar-refractivity contribution in [1.29, 1.82) is 0 Å². The van der Waals surface area contributed by atoms with E-state index in [4.69, 9.17) is 9.47 Å². The van der Waals surface area contributed by atoms with Crippen LogP contribution in [0.2, 0.25) is 0 Å². The molecule has 7 heteroatoms. The molecule has 1 N–H and O–H groups in total. The highest BCUT2D eigenvalue weighted by Crippen LogP contribution is 2.26. The Morgan fingerprint density at radius 3 is 2.54 bits per heavy atom. The zero-order valence-electron chi connectivity index (χ0n) is 14.0. The van der Waals surface area contributed by atoms with Crippen LogP contribution in [-0.4, -0.2) is 43.3 Å². The molecule has 0 amide bonds. The van der Waals surface area contributed by atoms with Gasteiger partial charge in [-0.1, -0.05) is 28.1 Å². The smallest absolute Gasteiger partial charge is 0.337 e. The van der Waals surface area contributed by atoms with Crippen LogP contribution < -0.4 is 5.43 Å². The molecule has 2 rings (SSSR count). The average Bonchev–Trinajstić information content (AvgIpc) is 2.84. The Balaban J connectivity index is 2.30. The summed E-state index contributed by atoms with van der Waals surface area (Å²) in [7, 11) is 1.35. The van der Waals surface area contributed by atoms with Gasteiger partial charge in [-0.15, -0.1) is 0 Å². The lowest BCUT2D eigenvalue weighted by molar-refractivity contribution is -0.144. The van der Waals surface area contributed by atoms with Gasteiger partial charge in [0.1, 0.15) is 6.54 Å². The molecule has 0 spiro atoms. The lowest BCUT2D eigenvalue weighted by Gasteiger charge is -2.22. The number of hydrazine groups is 1. The van der Waals surface area contributed by atoms with Crippen LogP contribution in [-0.2, 0) is 25.5 Å². The molecule has 0 saturated heterocycles. The van der Waals surface area contributed by atoms with Gasteiger partial charge >= 0.3 is 11.9 Å². The molecule has 0 saturated carbocycles. The molecule has 1 aromatic carbocycles. The van der Waals surface area contributed by atoms with Gasteiger partial charge in [0.25, 0.3) is 0 Å². The molecule has 1 aliphatic heterocycles. The molecular formula is C17H21BrN2O4. The van der Waals surface area contributed by atoms with Gasteiger partial charge in [0.2, 0.25) is 0 Å². The largest absolute Gasteiger partial charge is 0.466 e. The van der Waals surface area contributed by atoms with Gasteiger partial charge in [-0.2, -0.15) is 0 Å². The Bertz CT molecular complexity index is 642. The molecule has 0 bridgehead atoms. The van der Waals surface area contributed by atoms with E-state index in [-0.39, 0.29) is 18.6 Å². The lowest BCUT2D eigenvalue weighted by atomic mass is 10.0. The number of ether oxygens (including phenoxy) is 2. The SMILES string of the molecule is CCOC(=O)CN1NC(C)C(C(=O)OC)=C1Cc1ccc(Br)cc1. The number of methoxy groups -OCH3 is 1. The Morgan fingerprint density at radius 1 is 1.29 bits per heavy atom. The summed E-state index contributed by atoms with van der Waals surface area (Å²) in [5, 5.41) is 1.68. The van der Waals surface area contributed by atoms with E-state index in [0.717, 1.165) is 15.7 Å². The van der Waals surface area contributed by atoms with Crippen LogP contribution in [0, 0.1) is 0 Å². The third-order valence-electron chi connectivity index (χ3n) is 3.70. The highest BCUT2D eigenvalue weighted by molar-refractivity contribution is 9.10. The van der Waals surface area contributed by atoms with Crippen molar-refractivity contribution in [1.82, 2.24) is 10.4 Å². The van der Waals surface area contributed by atoms with Crippen molar-refractivity contribution >= 4 is 27.9 Å². The van der Waals surface area contributed by atoms with E-state index in [0.29, 0.717) is 18.6 Å². The molecule has 0 aliphatic carbocycles. The highest BCUT2D eigenvalue weighted by atomic mass is 79.9. The van der Waals surface area contributed by atoms with E-state index >= 15 is 0 Å². The monoisotopic (exact) mass is 396 g/mol. The molecule has 0 aromatic heterocycles. The maximum atomic E-state index is 12.2. The predicted octanol–water partition coefficient (Wildman–Crippen LogP) is 2.19. The molecule has 1 heterocycles. The number of hydrogen-bond donors (Lipinski definition) is 1. The first-order valence-corrected chi connectivity index (χ1v) is 8.50.